The second-order valence-electron chi connectivity index (χ2n) is 15.2. The van der Waals surface area contributed by atoms with E-state index >= 15 is 0 Å². The molecule has 0 aliphatic heterocycles. The molecule has 0 aliphatic rings. The van der Waals surface area contributed by atoms with Gasteiger partial charge < -0.3 is 9.32 Å². The molecule has 0 spiro atoms. The van der Waals surface area contributed by atoms with Crippen molar-refractivity contribution in [3.63, 3.8) is 0 Å². The van der Waals surface area contributed by atoms with Crippen LogP contribution in [0.3, 0.4) is 0 Å². The Kier molecular flexibility index (Phi) is 8.87. The molecular formula is C58H39NO. The fourth-order valence-electron chi connectivity index (χ4n) is 8.95. The summed E-state index contributed by atoms with van der Waals surface area (Å²) in [5.74, 6) is 0. The summed E-state index contributed by atoms with van der Waals surface area (Å²) in [6.45, 7) is 0. The van der Waals surface area contributed by atoms with Crippen molar-refractivity contribution in [3.8, 4) is 55.6 Å². The maximum Gasteiger partial charge on any atom is 0.137 e. The molecule has 0 N–H and O–H groups in total. The number of rotatable bonds is 8. The zero-order chi connectivity index (χ0) is 39.8. The molecule has 0 aliphatic carbocycles. The van der Waals surface area contributed by atoms with Gasteiger partial charge in [0.2, 0.25) is 0 Å². The minimum absolute atomic E-state index is 0.863. The van der Waals surface area contributed by atoms with Crippen molar-refractivity contribution in [1.82, 2.24) is 0 Å². The molecule has 0 bridgehead atoms. The third-order valence-electron chi connectivity index (χ3n) is 11.7. The molecule has 0 saturated carbocycles. The Morgan fingerprint density at radius 2 is 0.683 bits per heavy atom. The monoisotopic (exact) mass is 765 g/mol. The molecule has 2 heteroatoms. The number of nitrogens with zero attached hydrogens (tertiary/aromatic N) is 1. The normalized spacial score (nSPS) is 11.3. The van der Waals surface area contributed by atoms with Gasteiger partial charge >= 0.3 is 0 Å². The first kappa shape index (κ1) is 35.2. The summed E-state index contributed by atoms with van der Waals surface area (Å²) in [5, 5.41) is 4.67. The van der Waals surface area contributed by atoms with Crippen molar-refractivity contribution in [2.75, 3.05) is 4.90 Å². The zero-order valence-corrected chi connectivity index (χ0v) is 32.9. The molecule has 1 aromatic heterocycles. The van der Waals surface area contributed by atoms with Crippen LogP contribution in [-0.2, 0) is 0 Å². The van der Waals surface area contributed by atoms with E-state index in [-0.39, 0.29) is 0 Å². The number of benzene rings is 10. The van der Waals surface area contributed by atoms with Crippen LogP contribution in [0.5, 0.6) is 0 Å². The van der Waals surface area contributed by atoms with Gasteiger partial charge in [0.15, 0.2) is 0 Å². The van der Waals surface area contributed by atoms with E-state index < -0.39 is 0 Å². The van der Waals surface area contributed by atoms with E-state index in [0.29, 0.717) is 0 Å². The van der Waals surface area contributed by atoms with Gasteiger partial charge in [-0.1, -0.05) is 194 Å². The highest BCUT2D eigenvalue weighted by molar-refractivity contribution is 6.13. The highest BCUT2D eigenvalue weighted by Gasteiger charge is 2.21. The molecule has 0 fully saturated rings. The predicted molar refractivity (Wildman–Crippen MR) is 253 cm³/mol. The van der Waals surface area contributed by atoms with Gasteiger partial charge in [0.1, 0.15) is 11.2 Å². The van der Waals surface area contributed by atoms with Gasteiger partial charge in [-0.25, -0.2) is 0 Å². The fraction of sp³-hybridized carbons (Fsp3) is 0. The van der Waals surface area contributed by atoms with Crippen molar-refractivity contribution < 1.29 is 4.42 Å². The Labute approximate surface area is 349 Å². The number of hydrogen-bond donors (Lipinski definition) is 0. The van der Waals surface area contributed by atoms with E-state index in [1.165, 1.54) is 60.8 Å². The topological polar surface area (TPSA) is 16.4 Å². The van der Waals surface area contributed by atoms with E-state index in [2.05, 4.69) is 229 Å². The highest BCUT2D eigenvalue weighted by atomic mass is 16.3. The quantitative estimate of drug-likeness (QED) is 0.153. The standard InChI is InChI=1S/C58H39NO/c1-3-16-40(17-4-1)47-22-7-9-24-51(47)52-25-10-8-23-48(52)42-32-36-45(37-33-42)59(54-29-15-31-56-58(54)53-26-11-12-30-55(53)60-56)46-38-34-43(35-39-46)50-28-14-21-44-20-13-27-49(57(44)50)41-18-5-2-6-19-41/h1-39H. The van der Waals surface area contributed by atoms with E-state index in [4.69, 9.17) is 4.42 Å². The van der Waals surface area contributed by atoms with Crippen LogP contribution in [0.15, 0.2) is 241 Å². The van der Waals surface area contributed by atoms with E-state index in [0.717, 1.165) is 44.6 Å². The number of anilines is 3. The Balaban J connectivity index is 1.04. The van der Waals surface area contributed by atoms with E-state index in [1.54, 1.807) is 0 Å². The lowest BCUT2D eigenvalue weighted by atomic mass is 9.89. The number of hydrogen-bond acceptors (Lipinski definition) is 2. The second-order valence-corrected chi connectivity index (χ2v) is 15.2. The summed E-state index contributed by atoms with van der Waals surface area (Å²) in [4.78, 5) is 2.37. The van der Waals surface area contributed by atoms with E-state index in [9.17, 15) is 0 Å². The van der Waals surface area contributed by atoms with Crippen molar-refractivity contribution in [2.24, 2.45) is 0 Å². The van der Waals surface area contributed by atoms with Crippen LogP contribution in [0.25, 0.3) is 88.3 Å². The number of fused-ring (bicyclic) bond motifs is 4. The fourth-order valence-corrected chi connectivity index (χ4v) is 8.95. The first-order chi connectivity index (χ1) is 29.8. The van der Waals surface area contributed by atoms with Crippen LogP contribution < -0.4 is 4.90 Å². The largest absolute Gasteiger partial charge is 0.456 e. The summed E-state index contributed by atoms with van der Waals surface area (Å²) >= 11 is 0. The smallest absolute Gasteiger partial charge is 0.137 e. The summed E-state index contributed by atoms with van der Waals surface area (Å²) in [6, 6.07) is 84.8. The average molecular weight is 766 g/mol. The van der Waals surface area contributed by atoms with Crippen LogP contribution in [0, 0.1) is 0 Å². The Bertz CT molecular complexity index is 3290. The van der Waals surface area contributed by atoms with Gasteiger partial charge in [-0.3, -0.25) is 0 Å². The van der Waals surface area contributed by atoms with E-state index in [1.807, 2.05) is 12.1 Å². The lowest BCUT2D eigenvalue weighted by Crippen LogP contribution is -2.10. The molecule has 0 amide bonds. The van der Waals surface area contributed by atoms with Crippen molar-refractivity contribution in [2.45, 2.75) is 0 Å². The van der Waals surface area contributed by atoms with Crippen molar-refractivity contribution in [1.29, 1.82) is 0 Å². The zero-order valence-electron chi connectivity index (χ0n) is 32.9. The van der Waals surface area contributed by atoms with Crippen molar-refractivity contribution >= 4 is 49.8 Å². The summed E-state index contributed by atoms with van der Waals surface area (Å²) in [6.07, 6.45) is 0. The number of furan rings is 1. The predicted octanol–water partition coefficient (Wildman–Crippen LogP) is 16.5. The molecule has 11 aromatic rings. The molecule has 0 saturated heterocycles. The summed E-state index contributed by atoms with van der Waals surface area (Å²) in [7, 11) is 0. The molecule has 1 heterocycles. The summed E-state index contributed by atoms with van der Waals surface area (Å²) < 4.78 is 6.43. The van der Waals surface area contributed by atoms with Crippen LogP contribution in [0.1, 0.15) is 0 Å². The Hall–Kier alpha value is -7.94. The van der Waals surface area contributed by atoms with Crippen LogP contribution >= 0.6 is 0 Å². The number of para-hydroxylation sites is 1. The molecule has 282 valence electrons. The third kappa shape index (κ3) is 6.23. The maximum atomic E-state index is 6.43. The van der Waals surface area contributed by atoms with Gasteiger partial charge in [0.05, 0.1) is 11.1 Å². The van der Waals surface area contributed by atoms with Crippen molar-refractivity contribution in [3.05, 3.63) is 237 Å². The van der Waals surface area contributed by atoms with Gasteiger partial charge in [-0.2, -0.15) is 0 Å². The lowest BCUT2D eigenvalue weighted by Gasteiger charge is -2.27. The molecule has 11 rings (SSSR count). The Morgan fingerprint density at radius 3 is 1.27 bits per heavy atom. The molecule has 10 aromatic carbocycles. The van der Waals surface area contributed by atoms with Gasteiger partial charge in [-0.05, 0) is 109 Å². The van der Waals surface area contributed by atoms with Crippen LogP contribution in [-0.4, -0.2) is 0 Å². The SMILES string of the molecule is c1ccc(-c2ccccc2-c2ccccc2-c2ccc(N(c3ccc(-c4cccc5cccc(-c6ccccc6)c45)cc3)c3cccc4oc5ccccc5c34)cc2)cc1. The van der Waals surface area contributed by atoms with Gasteiger partial charge in [0.25, 0.3) is 0 Å². The first-order valence-corrected chi connectivity index (χ1v) is 20.5. The summed E-state index contributed by atoms with van der Waals surface area (Å²) in [5.41, 5.74) is 16.9. The van der Waals surface area contributed by atoms with Crippen LogP contribution in [0.2, 0.25) is 0 Å². The van der Waals surface area contributed by atoms with Gasteiger partial charge in [-0.15, -0.1) is 0 Å². The molecule has 2 nitrogen and oxygen atoms in total. The lowest BCUT2D eigenvalue weighted by molar-refractivity contribution is 0.669. The molecule has 0 atom stereocenters. The average Bonchev–Trinajstić information content (AvgIpc) is 3.72. The van der Waals surface area contributed by atoms with Crippen LogP contribution in [0.4, 0.5) is 17.1 Å². The first-order valence-electron chi connectivity index (χ1n) is 20.5. The Morgan fingerprint density at radius 1 is 0.267 bits per heavy atom. The third-order valence-corrected chi connectivity index (χ3v) is 11.7. The van der Waals surface area contributed by atoms with Gasteiger partial charge in [0, 0.05) is 16.8 Å². The molecule has 0 unspecified atom stereocenters. The maximum absolute atomic E-state index is 6.43. The minimum Gasteiger partial charge on any atom is -0.456 e. The molecular weight excluding hydrogens is 727 g/mol. The molecule has 0 radical (unpaired) electrons. The second kappa shape index (κ2) is 15.1. The molecule has 60 heavy (non-hydrogen) atoms. The minimum atomic E-state index is 0.863. The highest BCUT2D eigenvalue weighted by Crippen LogP contribution is 2.45.